The van der Waals surface area contributed by atoms with Crippen molar-refractivity contribution in [3.05, 3.63) is 54.1 Å². The molecule has 0 aliphatic heterocycles. The summed E-state index contributed by atoms with van der Waals surface area (Å²) in [5.41, 5.74) is 3.70. The third-order valence-corrected chi connectivity index (χ3v) is 3.65. The summed E-state index contributed by atoms with van der Waals surface area (Å²) < 4.78 is 0. The van der Waals surface area contributed by atoms with Gasteiger partial charge in [-0.1, -0.05) is 42.0 Å². The largest absolute Gasteiger partial charge is 0.465 e. The summed E-state index contributed by atoms with van der Waals surface area (Å²) in [6.45, 7) is 3.03. The van der Waals surface area contributed by atoms with Crippen molar-refractivity contribution in [2.24, 2.45) is 0 Å². The minimum atomic E-state index is -1.41. The Labute approximate surface area is 140 Å². The molecule has 0 aromatic heterocycles. The Morgan fingerprint density at radius 1 is 1.04 bits per heavy atom. The number of hydrogen-bond donors (Lipinski definition) is 3. The van der Waals surface area contributed by atoms with E-state index >= 15 is 0 Å². The number of nitrogens with one attached hydrogen (secondary N) is 1. The van der Waals surface area contributed by atoms with E-state index in [1.807, 2.05) is 43.3 Å². The maximum Gasteiger partial charge on any atom is 0.415 e. The van der Waals surface area contributed by atoms with E-state index in [0.717, 1.165) is 11.1 Å². The summed E-state index contributed by atoms with van der Waals surface area (Å²) in [6, 6.07) is 13.5. The molecule has 0 bridgehead atoms. The van der Waals surface area contributed by atoms with Gasteiger partial charge in [-0.3, -0.25) is 0 Å². The Balaban J connectivity index is 2.12. The number of aliphatic hydroxyl groups is 1. The van der Waals surface area contributed by atoms with Gasteiger partial charge >= 0.3 is 12.1 Å². The number of aryl methyl sites for hydroxylation is 1. The van der Waals surface area contributed by atoms with Gasteiger partial charge < -0.3 is 15.5 Å². The highest BCUT2D eigenvalue weighted by atomic mass is 16.4. The zero-order valence-electron chi connectivity index (χ0n) is 13.6. The summed E-state index contributed by atoms with van der Waals surface area (Å²) in [5.74, 6) is 0. The second-order valence-corrected chi connectivity index (χ2v) is 5.56. The predicted octanol–water partition coefficient (Wildman–Crippen LogP) is 3.55. The molecule has 0 aliphatic carbocycles. The second kappa shape index (κ2) is 7.61. The van der Waals surface area contributed by atoms with Gasteiger partial charge in [0.1, 0.15) is 0 Å². The van der Waals surface area contributed by atoms with Crippen molar-refractivity contribution in [2.75, 3.05) is 11.9 Å². The van der Waals surface area contributed by atoms with Crippen molar-refractivity contribution in [3.63, 3.8) is 0 Å². The Morgan fingerprint density at radius 2 is 1.54 bits per heavy atom. The van der Waals surface area contributed by atoms with Crippen LogP contribution in [0, 0.1) is 6.92 Å². The van der Waals surface area contributed by atoms with Crippen LogP contribution in [0.5, 0.6) is 0 Å². The topological polar surface area (TPSA) is 89.9 Å². The van der Waals surface area contributed by atoms with Crippen molar-refractivity contribution < 1.29 is 19.8 Å². The number of carbonyl (C=O) groups excluding carboxylic acids is 1. The van der Waals surface area contributed by atoms with Crippen LogP contribution in [0.3, 0.4) is 0 Å². The summed E-state index contributed by atoms with van der Waals surface area (Å²) in [5, 5.41) is 20.7. The van der Waals surface area contributed by atoms with Gasteiger partial charge in [0, 0.05) is 5.69 Å². The number of anilines is 1. The molecular formula is C18H20N2O4. The van der Waals surface area contributed by atoms with Gasteiger partial charge in [0.05, 0.1) is 12.6 Å². The van der Waals surface area contributed by atoms with E-state index in [4.69, 9.17) is 10.2 Å². The molecule has 1 unspecified atom stereocenters. The zero-order chi connectivity index (χ0) is 17.7. The molecule has 126 valence electrons. The number of urea groups is 1. The second-order valence-electron chi connectivity index (χ2n) is 5.56. The molecule has 0 aliphatic rings. The van der Waals surface area contributed by atoms with Crippen LogP contribution in [0.25, 0.3) is 11.1 Å². The summed E-state index contributed by atoms with van der Waals surface area (Å²) >= 11 is 0. The molecule has 0 saturated heterocycles. The van der Waals surface area contributed by atoms with Gasteiger partial charge in [-0.05, 0) is 37.1 Å². The molecule has 2 aromatic carbocycles. The lowest BCUT2D eigenvalue weighted by atomic mass is 10.0. The average Bonchev–Trinajstić information content (AvgIpc) is 2.56. The molecule has 0 radical (unpaired) electrons. The third kappa shape index (κ3) is 4.11. The molecule has 6 nitrogen and oxygen atoms in total. The van der Waals surface area contributed by atoms with Crippen LogP contribution in [-0.2, 0) is 0 Å². The van der Waals surface area contributed by atoms with Gasteiger partial charge in [0.25, 0.3) is 0 Å². The Hall–Kier alpha value is -2.86. The number of imide groups is 1. The van der Waals surface area contributed by atoms with Gasteiger partial charge in [-0.15, -0.1) is 0 Å². The van der Waals surface area contributed by atoms with Crippen LogP contribution < -0.4 is 5.32 Å². The van der Waals surface area contributed by atoms with Gasteiger partial charge in [0.2, 0.25) is 0 Å². The first-order valence-electron chi connectivity index (χ1n) is 7.53. The van der Waals surface area contributed by atoms with Crippen molar-refractivity contribution >= 4 is 17.8 Å². The molecule has 3 amide bonds. The van der Waals surface area contributed by atoms with E-state index in [0.29, 0.717) is 10.6 Å². The van der Waals surface area contributed by atoms with Crippen LogP contribution in [-0.4, -0.2) is 39.9 Å². The fraction of sp³-hybridized carbons (Fsp3) is 0.222. The molecule has 0 heterocycles. The highest BCUT2D eigenvalue weighted by Crippen LogP contribution is 2.22. The Bertz CT molecular complexity index is 711. The smallest absolute Gasteiger partial charge is 0.415 e. The van der Waals surface area contributed by atoms with Crippen molar-refractivity contribution in [2.45, 2.75) is 19.9 Å². The van der Waals surface area contributed by atoms with E-state index in [-0.39, 0.29) is 0 Å². The predicted molar refractivity (Wildman–Crippen MR) is 92.0 cm³/mol. The number of hydrogen-bond acceptors (Lipinski definition) is 3. The van der Waals surface area contributed by atoms with Crippen molar-refractivity contribution in [1.29, 1.82) is 0 Å². The van der Waals surface area contributed by atoms with E-state index in [2.05, 4.69) is 5.32 Å². The Kier molecular flexibility index (Phi) is 5.55. The summed E-state index contributed by atoms with van der Waals surface area (Å²) in [6.07, 6.45) is -1.41. The molecule has 2 rings (SSSR count). The van der Waals surface area contributed by atoms with E-state index < -0.39 is 24.8 Å². The van der Waals surface area contributed by atoms with Crippen molar-refractivity contribution in [3.8, 4) is 11.1 Å². The van der Waals surface area contributed by atoms with E-state index in [1.54, 1.807) is 12.1 Å². The zero-order valence-corrected chi connectivity index (χ0v) is 13.6. The monoisotopic (exact) mass is 328 g/mol. The third-order valence-electron chi connectivity index (χ3n) is 3.65. The fourth-order valence-corrected chi connectivity index (χ4v) is 2.23. The van der Waals surface area contributed by atoms with Crippen LogP contribution in [0.15, 0.2) is 48.5 Å². The minimum Gasteiger partial charge on any atom is -0.465 e. The first-order chi connectivity index (χ1) is 11.4. The number of rotatable bonds is 4. The lowest BCUT2D eigenvalue weighted by Gasteiger charge is -2.23. The lowest BCUT2D eigenvalue weighted by Crippen LogP contribution is -2.46. The molecule has 0 fully saturated rings. The maximum atomic E-state index is 12.1. The number of aliphatic hydroxyl groups excluding tert-OH is 1. The van der Waals surface area contributed by atoms with Crippen LogP contribution in [0.2, 0.25) is 0 Å². The molecule has 0 spiro atoms. The average molecular weight is 328 g/mol. The first kappa shape index (κ1) is 17.5. The number of carboxylic acid groups (broad SMARTS) is 1. The summed E-state index contributed by atoms with van der Waals surface area (Å²) in [7, 11) is 0. The fourth-order valence-electron chi connectivity index (χ4n) is 2.23. The standard InChI is InChI=1S/C18H20N2O4/c1-12-3-5-14(6-4-12)15-7-9-16(10-8-15)19-17(22)20(18(23)24)13(2)11-21/h3-10,13,21H,11H2,1-2H3,(H,19,22)(H,23,24). The Morgan fingerprint density at radius 3 is 2.00 bits per heavy atom. The van der Waals surface area contributed by atoms with E-state index in [1.165, 1.54) is 12.5 Å². The first-order valence-corrected chi connectivity index (χ1v) is 7.53. The normalized spacial score (nSPS) is 11.6. The number of amides is 3. The molecule has 24 heavy (non-hydrogen) atoms. The molecular weight excluding hydrogens is 308 g/mol. The highest BCUT2D eigenvalue weighted by molar-refractivity contribution is 5.99. The lowest BCUT2D eigenvalue weighted by molar-refractivity contribution is 0.120. The molecule has 2 aromatic rings. The number of benzene rings is 2. The SMILES string of the molecule is Cc1ccc(-c2ccc(NC(=O)N(C(=O)O)C(C)CO)cc2)cc1. The van der Waals surface area contributed by atoms with Gasteiger partial charge in [-0.2, -0.15) is 0 Å². The van der Waals surface area contributed by atoms with Gasteiger partial charge in [-0.25, -0.2) is 14.5 Å². The highest BCUT2D eigenvalue weighted by Gasteiger charge is 2.26. The number of nitrogens with zero attached hydrogens (tertiary/aromatic N) is 1. The van der Waals surface area contributed by atoms with Crippen LogP contribution in [0.1, 0.15) is 12.5 Å². The summed E-state index contributed by atoms with van der Waals surface area (Å²) in [4.78, 5) is 23.8. The van der Waals surface area contributed by atoms with Crippen LogP contribution in [0.4, 0.5) is 15.3 Å². The van der Waals surface area contributed by atoms with E-state index in [9.17, 15) is 9.59 Å². The minimum absolute atomic E-state index is 0.438. The van der Waals surface area contributed by atoms with Crippen LogP contribution >= 0.6 is 0 Å². The molecule has 1 atom stereocenters. The molecule has 6 heteroatoms. The maximum absolute atomic E-state index is 12.1. The number of carbonyl (C=O) groups is 2. The quantitative estimate of drug-likeness (QED) is 0.800. The molecule has 0 saturated carbocycles. The van der Waals surface area contributed by atoms with Crippen molar-refractivity contribution in [1.82, 2.24) is 4.90 Å². The molecule has 3 N–H and O–H groups in total. The van der Waals surface area contributed by atoms with Gasteiger partial charge in [0.15, 0.2) is 0 Å².